The summed E-state index contributed by atoms with van der Waals surface area (Å²) in [5.41, 5.74) is 0.417. The molecule has 1 fully saturated rings. The molecule has 1 atom stereocenters. The van der Waals surface area contributed by atoms with Gasteiger partial charge in [0.2, 0.25) is 21.8 Å². The van der Waals surface area contributed by atoms with Crippen LogP contribution in [0.3, 0.4) is 0 Å². The maximum atomic E-state index is 12.8. The number of piperidine rings is 1. The van der Waals surface area contributed by atoms with Crippen LogP contribution in [0.4, 0.5) is 5.69 Å². The number of benzene rings is 1. The van der Waals surface area contributed by atoms with Crippen LogP contribution < -0.4 is 10.0 Å². The average Bonchev–Trinajstić information content (AvgIpc) is 3.25. The van der Waals surface area contributed by atoms with Crippen LogP contribution in [-0.4, -0.2) is 43.5 Å². The maximum Gasteiger partial charge on any atom is 0.247 e. The number of rotatable bonds is 5. The van der Waals surface area contributed by atoms with Crippen molar-refractivity contribution < 1.29 is 18.0 Å². The predicted molar refractivity (Wildman–Crippen MR) is 118 cm³/mol. The van der Waals surface area contributed by atoms with Gasteiger partial charge in [0.1, 0.15) is 0 Å². The Morgan fingerprint density at radius 3 is 2.73 bits per heavy atom. The molecule has 10 heteroatoms. The number of nitrogens with one attached hydrogen (secondary N) is 2. The summed E-state index contributed by atoms with van der Waals surface area (Å²) in [5.74, 6) is 0.0120. The molecular weight excluding hydrogens is 442 g/mol. The molecule has 30 heavy (non-hydrogen) atoms. The summed E-state index contributed by atoms with van der Waals surface area (Å²) in [5, 5.41) is 3.77. The summed E-state index contributed by atoms with van der Waals surface area (Å²) in [7, 11) is -3.72. The molecule has 160 valence electrons. The van der Waals surface area contributed by atoms with Crippen LogP contribution in [0.1, 0.15) is 24.6 Å². The molecule has 1 saturated heterocycles. The van der Waals surface area contributed by atoms with Gasteiger partial charge in [-0.05, 0) is 48.4 Å². The van der Waals surface area contributed by atoms with E-state index in [1.165, 1.54) is 35.2 Å². The Labute approximate surface area is 184 Å². The summed E-state index contributed by atoms with van der Waals surface area (Å²) in [6.07, 6.45) is 1.89. The molecule has 2 N–H and O–H groups in total. The predicted octanol–water partition coefficient (Wildman–Crippen LogP) is 2.90. The lowest BCUT2D eigenvalue weighted by Crippen LogP contribution is -2.47. The van der Waals surface area contributed by atoms with Gasteiger partial charge >= 0.3 is 0 Å². The molecule has 1 aromatic heterocycles. The van der Waals surface area contributed by atoms with Crippen LogP contribution in [-0.2, 0) is 26.2 Å². The third kappa shape index (κ3) is 4.56. The fourth-order valence-corrected chi connectivity index (χ4v) is 6.30. The second kappa shape index (κ2) is 8.70. The van der Waals surface area contributed by atoms with Crippen molar-refractivity contribution in [3.63, 3.8) is 0 Å². The highest BCUT2D eigenvalue weighted by molar-refractivity contribution is 8.01. The molecule has 0 aliphatic carbocycles. The van der Waals surface area contributed by atoms with E-state index in [0.717, 1.165) is 17.7 Å². The van der Waals surface area contributed by atoms with E-state index in [1.807, 2.05) is 17.5 Å². The molecular formula is C20H23N3O4S3. The molecule has 2 aromatic rings. The van der Waals surface area contributed by atoms with Gasteiger partial charge < -0.3 is 10.2 Å². The first-order valence-corrected chi connectivity index (χ1v) is 13.0. The quantitative estimate of drug-likeness (QED) is 0.662. The van der Waals surface area contributed by atoms with Gasteiger partial charge in [0.15, 0.2) is 5.25 Å². The molecule has 0 unspecified atom stereocenters. The van der Waals surface area contributed by atoms with Gasteiger partial charge in [0.25, 0.3) is 0 Å². The molecule has 0 spiro atoms. The number of thioether (sulfide) groups is 1. The lowest BCUT2D eigenvalue weighted by Gasteiger charge is -2.33. The number of fused-ring (bicyclic) bond motifs is 1. The first kappa shape index (κ1) is 21.4. The SMILES string of the molecule is CC1CCN(C(=O)[C@@H]2Sc3ccc(S(=O)(=O)NCc4cccs4)cc3NC2=O)CC1. The zero-order valence-corrected chi connectivity index (χ0v) is 18.9. The van der Waals surface area contributed by atoms with E-state index in [2.05, 4.69) is 17.0 Å². The molecule has 0 bridgehead atoms. The van der Waals surface area contributed by atoms with Gasteiger partial charge in [0.05, 0.1) is 10.6 Å². The molecule has 0 saturated carbocycles. The number of amides is 2. The maximum absolute atomic E-state index is 12.8. The number of carbonyl (C=O) groups is 2. The average molecular weight is 466 g/mol. The Bertz CT molecular complexity index is 1050. The minimum atomic E-state index is -3.72. The number of thiophene rings is 1. The molecule has 4 rings (SSSR count). The zero-order valence-electron chi connectivity index (χ0n) is 16.5. The van der Waals surface area contributed by atoms with Crippen molar-refractivity contribution in [3.05, 3.63) is 40.6 Å². The van der Waals surface area contributed by atoms with Crippen molar-refractivity contribution in [3.8, 4) is 0 Å². The Morgan fingerprint density at radius 1 is 1.27 bits per heavy atom. The van der Waals surface area contributed by atoms with E-state index in [0.29, 0.717) is 29.6 Å². The normalized spacial score (nSPS) is 20.0. The Hall–Kier alpha value is -1.88. The summed E-state index contributed by atoms with van der Waals surface area (Å²) < 4.78 is 27.8. The van der Waals surface area contributed by atoms with Crippen molar-refractivity contribution in [2.45, 2.75) is 41.4 Å². The minimum Gasteiger partial charge on any atom is -0.341 e. The van der Waals surface area contributed by atoms with Crippen LogP contribution in [0.15, 0.2) is 45.5 Å². The smallest absolute Gasteiger partial charge is 0.247 e. The Kier molecular flexibility index (Phi) is 6.19. The third-order valence-corrected chi connectivity index (χ3v) is 8.87. The fraction of sp³-hybridized carbons (Fsp3) is 0.400. The first-order chi connectivity index (χ1) is 14.3. The largest absolute Gasteiger partial charge is 0.341 e. The van der Waals surface area contributed by atoms with Gasteiger partial charge in [-0.15, -0.1) is 23.1 Å². The van der Waals surface area contributed by atoms with Gasteiger partial charge in [0, 0.05) is 29.4 Å². The number of hydrogen-bond acceptors (Lipinski definition) is 6. The van der Waals surface area contributed by atoms with E-state index >= 15 is 0 Å². The number of anilines is 1. The lowest BCUT2D eigenvalue weighted by molar-refractivity contribution is -0.135. The van der Waals surface area contributed by atoms with Crippen LogP contribution in [0, 0.1) is 5.92 Å². The van der Waals surface area contributed by atoms with E-state index < -0.39 is 21.2 Å². The second-order valence-corrected chi connectivity index (χ2v) is 11.5. The summed E-state index contributed by atoms with van der Waals surface area (Å²) in [6.45, 7) is 3.72. The van der Waals surface area contributed by atoms with Gasteiger partial charge in [-0.3, -0.25) is 9.59 Å². The van der Waals surface area contributed by atoms with E-state index in [4.69, 9.17) is 0 Å². The van der Waals surface area contributed by atoms with E-state index in [-0.39, 0.29) is 17.3 Å². The minimum absolute atomic E-state index is 0.0773. The van der Waals surface area contributed by atoms with Gasteiger partial charge in [-0.2, -0.15) is 0 Å². The highest BCUT2D eigenvalue weighted by atomic mass is 32.2. The summed E-state index contributed by atoms with van der Waals surface area (Å²) in [6, 6.07) is 8.32. The number of carbonyl (C=O) groups excluding carboxylic acids is 2. The van der Waals surface area contributed by atoms with Crippen LogP contribution in [0.5, 0.6) is 0 Å². The molecule has 2 aliphatic heterocycles. The fourth-order valence-electron chi connectivity index (χ4n) is 3.48. The molecule has 1 aromatic carbocycles. The van der Waals surface area contributed by atoms with Crippen molar-refractivity contribution >= 4 is 50.6 Å². The van der Waals surface area contributed by atoms with Crippen LogP contribution in [0.25, 0.3) is 0 Å². The van der Waals surface area contributed by atoms with Crippen LogP contribution in [0.2, 0.25) is 0 Å². The number of likely N-dealkylation sites (tertiary alicyclic amines) is 1. The summed E-state index contributed by atoms with van der Waals surface area (Å²) in [4.78, 5) is 28.9. The highest BCUT2D eigenvalue weighted by Crippen LogP contribution is 2.38. The van der Waals surface area contributed by atoms with E-state index in [9.17, 15) is 18.0 Å². The standard InChI is InChI=1S/C20H23N3O4S3/c1-13-6-8-23(9-7-13)20(25)18-19(24)22-16-11-15(4-5-17(16)29-18)30(26,27)21-12-14-3-2-10-28-14/h2-5,10-11,13,18,21H,6-9,12H2,1H3,(H,22,24)/t18-/m1/s1. The topological polar surface area (TPSA) is 95.6 Å². The van der Waals surface area contributed by atoms with Crippen molar-refractivity contribution in [2.75, 3.05) is 18.4 Å². The second-order valence-electron chi connectivity index (χ2n) is 7.56. The highest BCUT2D eigenvalue weighted by Gasteiger charge is 2.37. The molecule has 7 nitrogen and oxygen atoms in total. The van der Waals surface area contributed by atoms with Crippen LogP contribution >= 0.6 is 23.1 Å². The zero-order chi connectivity index (χ0) is 21.3. The number of sulfonamides is 1. The monoisotopic (exact) mass is 465 g/mol. The summed E-state index contributed by atoms with van der Waals surface area (Å²) >= 11 is 2.65. The molecule has 2 amide bonds. The third-order valence-electron chi connectivity index (χ3n) is 5.34. The molecule has 3 heterocycles. The first-order valence-electron chi connectivity index (χ1n) is 9.76. The molecule has 2 aliphatic rings. The number of nitrogens with zero attached hydrogens (tertiary/aromatic N) is 1. The Morgan fingerprint density at radius 2 is 2.03 bits per heavy atom. The van der Waals surface area contributed by atoms with Crippen molar-refractivity contribution in [1.29, 1.82) is 0 Å². The number of hydrogen-bond donors (Lipinski definition) is 2. The lowest BCUT2D eigenvalue weighted by atomic mass is 9.99. The molecule has 0 radical (unpaired) electrons. The van der Waals surface area contributed by atoms with Crippen molar-refractivity contribution in [1.82, 2.24) is 9.62 Å². The van der Waals surface area contributed by atoms with E-state index in [1.54, 1.807) is 11.0 Å². The van der Waals surface area contributed by atoms with Crippen molar-refractivity contribution in [2.24, 2.45) is 5.92 Å². The van der Waals surface area contributed by atoms with Gasteiger partial charge in [-0.25, -0.2) is 13.1 Å². The Balaban J connectivity index is 1.47. The van der Waals surface area contributed by atoms with Gasteiger partial charge in [-0.1, -0.05) is 13.0 Å².